The number of piperazine rings is 1. The molecular weight excluding hydrogens is 406 g/mol. The summed E-state index contributed by atoms with van der Waals surface area (Å²) in [4.78, 5) is 31.4. The molecule has 32 heavy (non-hydrogen) atoms. The zero-order chi connectivity index (χ0) is 22.3. The summed E-state index contributed by atoms with van der Waals surface area (Å²) in [7, 11) is 1.63. The van der Waals surface area contributed by atoms with Crippen molar-refractivity contribution in [2.75, 3.05) is 20.2 Å². The Morgan fingerprint density at radius 3 is 2.81 bits per heavy atom. The Balaban J connectivity index is 1.24. The number of nitrogens with one attached hydrogen (secondary N) is 3. The predicted octanol–water partition coefficient (Wildman–Crippen LogP) is 1.22. The second kappa shape index (κ2) is 10.6. The number of methoxy groups -OCH3 is 1. The van der Waals surface area contributed by atoms with Crippen LogP contribution < -0.4 is 20.7 Å². The topological polar surface area (TPSA) is 95.6 Å². The van der Waals surface area contributed by atoms with E-state index in [1.807, 2.05) is 42.5 Å². The van der Waals surface area contributed by atoms with Gasteiger partial charge in [-0.05, 0) is 42.7 Å². The molecule has 0 unspecified atom stereocenters. The molecule has 4 rings (SSSR count). The number of rotatable bonds is 9. The summed E-state index contributed by atoms with van der Waals surface area (Å²) in [5, 5.41) is 9.55. The number of carbonyl (C=O) groups excluding carboxylic acids is 2. The third-order valence-corrected chi connectivity index (χ3v) is 6.27. The van der Waals surface area contributed by atoms with E-state index in [1.165, 1.54) is 0 Å². The second-order valence-electron chi connectivity index (χ2n) is 8.41. The van der Waals surface area contributed by atoms with Gasteiger partial charge in [-0.25, -0.2) is 0 Å². The molecule has 8 heteroatoms. The van der Waals surface area contributed by atoms with Gasteiger partial charge in [0.2, 0.25) is 11.8 Å². The summed E-state index contributed by atoms with van der Waals surface area (Å²) in [5.74, 6) is 0.915. The minimum atomic E-state index is -0.127. The van der Waals surface area contributed by atoms with Crippen molar-refractivity contribution < 1.29 is 14.3 Å². The minimum absolute atomic E-state index is 0.0262. The summed E-state index contributed by atoms with van der Waals surface area (Å²) >= 11 is 0. The number of ether oxygens (including phenoxy) is 1. The lowest BCUT2D eigenvalue weighted by atomic mass is 10.0. The van der Waals surface area contributed by atoms with Crippen LogP contribution in [0.5, 0.6) is 5.75 Å². The maximum absolute atomic E-state index is 12.4. The van der Waals surface area contributed by atoms with Crippen molar-refractivity contribution in [3.63, 3.8) is 0 Å². The largest absolute Gasteiger partial charge is 0.497 e. The van der Waals surface area contributed by atoms with E-state index in [2.05, 4.69) is 25.8 Å². The molecule has 1 aromatic carbocycles. The molecule has 2 amide bonds. The van der Waals surface area contributed by atoms with Crippen LogP contribution in [-0.2, 0) is 22.7 Å². The number of amides is 2. The molecule has 8 nitrogen and oxygen atoms in total. The zero-order valence-electron chi connectivity index (χ0n) is 18.4. The molecule has 2 aliphatic rings. The molecule has 2 aliphatic heterocycles. The molecule has 0 radical (unpaired) electrons. The number of aromatic nitrogens is 1. The average Bonchev–Trinajstić information content (AvgIpc) is 3.27. The Hall–Kier alpha value is -2.97. The van der Waals surface area contributed by atoms with Crippen molar-refractivity contribution in [1.82, 2.24) is 25.8 Å². The van der Waals surface area contributed by atoms with Gasteiger partial charge in [0.25, 0.3) is 0 Å². The van der Waals surface area contributed by atoms with E-state index in [1.54, 1.807) is 13.3 Å². The molecule has 3 atom stereocenters. The number of pyridine rings is 1. The maximum atomic E-state index is 12.4. The number of carbonyl (C=O) groups is 2. The Labute approximate surface area is 188 Å². The molecule has 2 aromatic rings. The van der Waals surface area contributed by atoms with Crippen LogP contribution in [0.15, 0.2) is 48.7 Å². The molecular formula is C24H31N5O3. The molecule has 0 bridgehead atoms. The number of hydrogen-bond acceptors (Lipinski definition) is 6. The molecule has 0 spiro atoms. The first-order chi connectivity index (χ1) is 15.6. The molecule has 2 saturated heterocycles. The Morgan fingerprint density at radius 1 is 1.22 bits per heavy atom. The van der Waals surface area contributed by atoms with E-state index in [0.717, 1.165) is 36.4 Å². The number of nitrogens with zero attached hydrogens (tertiary/aromatic N) is 2. The van der Waals surface area contributed by atoms with Crippen LogP contribution in [0.3, 0.4) is 0 Å². The van der Waals surface area contributed by atoms with Gasteiger partial charge in [-0.3, -0.25) is 19.5 Å². The van der Waals surface area contributed by atoms with Crippen LogP contribution in [0.1, 0.15) is 30.5 Å². The quantitative estimate of drug-likeness (QED) is 0.546. The molecule has 1 aromatic heterocycles. The van der Waals surface area contributed by atoms with Gasteiger partial charge in [-0.15, -0.1) is 0 Å². The second-order valence-corrected chi connectivity index (χ2v) is 8.41. The number of hydrogen-bond donors (Lipinski definition) is 3. The van der Waals surface area contributed by atoms with Gasteiger partial charge in [0, 0.05) is 50.9 Å². The molecule has 2 fully saturated rings. The normalized spacial score (nSPS) is 22.8. The maximum Gasteiger partial charge on any atom is 0.237 e. The fourth-order valence-electron chi connectivity index (χ4n) is 4.47. The van der Waals surface area contributed by atoms with E-state index in [0.29, 0.717) is 26.1 Å². The summed E-state index contributed by atoms with van der Waals surface area (Å²) in [6, 6.07) is 13.8. The highest BCUT2D eigenvalue weighted by molar-refractivity contribution is 5.83. The van der Waals surface area contributed by atoms with Crippen LogP contribution in [0.4, 0.5) is 0 Å². The molecule has 0 saturated carbocycles. The highest BCUT2D eigenvalue weighted by Gasteiger charge is 2.43. The van der Waals surface area contributed by atoms with Gasteiger partial charge in [0.15, 0.2) is 0 Å². The highest BCUT2D eigenvalue weighted by atomic mass is 16.5. The van der Waals surface area contributed by atoms with Crippen LogP contribution in [0, 0.1) is 0 Å². The lowest BCUT2D eigenvalue weighted by Gasteiger charge is -2.37. The summed E-state index contributed by atoms with van der Waals surface area (Å²) in [5.41, 5.74) is 2.03. The van der Waals surface area contributed by atoms with Crippen LogP contribution >= 0.6 is 0 Å². The summed E-state index contributed by atoms with van der Waals surface area (Å²) in [6.45, 7) is 2.58. The third kappa shape index (κ3) is 5.63. The fraction of sp³-hybridized carbons (Fsp3) is 0.458. The molecule has 170 valence electrons. The van der Waals surface area contributed by atoms with Crippen LogP contribution in [0.2, 0.25) is 0 Å². The van der Waals surface area contributed by atoms with Crippen LogP contribution in [-0.4, -0.2) is 60.0 Å². The van der Waals surface area contributed by atoms with Crippen molar-refractivity contribution in [3.05, 3.63) is 59.9 Å². The van der Waals surface area contributed by atoms with E-state index < -0.39 is 0 Å². The van der Waals surface area contributed by atoms with Gasteiger partial charge in [-0.2, -0.15) is 0 Å². The lowest BCUT2D eigenvalue weighted by Crippen LogP contribution is -2.58. The average molecular weight is 438 g/mol. The van der Waals surface area contributed by atoms with E-state index in [4.69, 9.17) is 4.74 Å². The van der Waals surface area contributed by atoms with Crippen molar-refractivity contribution in [2.45, 2.75) is 50.5 Å². The number of benzene rings is 1. The van der Waals surface area contributed by atoms with Crippen molar-refractivity contribution in [1.29, 1.82) is 0 Å². The van der Waals surface area contributed by atoms with Crippen LogP contribution in [0.25, 0.3) is 0 Å². The first-order valence-electron chi connectivity index (χ1n) is 11.2. The van der Waals surface area contributed by atoms with Crippen molar-refractivity contribution in [2.24, 2.45) is 0 Å². The van der Waals surface area contributed by atoms with E-state index >= 15 is 0 Å². The smallest absolute Gasteiger partial charge is 0.237 e. The van der Waals surface area contributed by atoms with Crippen molar-refractivity contribution >= 4 is 11.8 Å². The highest BCUT2D eigenvalue weighted by Crippen LogP contribution is 2.26. The number of fused-ring (bicyclic) bond motifs is 1. The van der Waals surface area contributed by atoms with E-state index in [-0.39, 0.29) is 29.9 Å². The predicted molar refractivity (Wildman–Crippen MR) is 121 cm³/mol. The van der Waals surface area contributed by atoms with Gasteiger partial charge >= 0.3 is 0 Å². The monoisotopic (exact) mass is 437 g/mol. The minimum Gasteiger partial charge on any atom is -0.497 e. The standard InChI is InChI=1S/C24H31N5O3/c1-32-21-8-5-17(6-9-21)13-27-23(30)10-7-20-15-28-24(31)22-12-19(16-29(20)22)26-14-18-4-2-3-11-25-18/h2-6,8-9,11,19-20,22,26H,7,10,12-16H2,1H3,(H,27,30)(H,28,31)/t19-,20+,22-/m0/s1. The zero-order valence-corrected chi connectivity index (χ0v) is 18.4. The summed E-state index contributed by atoms with van der Waals surface area (Å²) in [6.07, 6.45) is 3.72. The molecule has 0 aliphatic carbocycles. The van der Waals surface area contributed by atoms with E-state index in [9.17, 15) is 9.59 Å². The SMILES string of the molecule is COc1ccc(CNC(=O)CC[C@@H]2CNC(=O)[C@@H]3C[C@H](NCc4ccccn4)CN23)cc1. The van der Waals surface area contributed by atoms with Gasteiger partial charge in [0.1, 0.15) is 5.75 Å². The van der Waals surface area contributed by atoms with Gasteiger partial charge in [-0.1, -0.05) is 18.2 Å². The summed E-state index contributed by atoms with van der Waals surface area (Å²) < 4.78 is 5.16. The Kier molecular flexibility index (Phi) is 7.34. The Morgan fingerprint density at radius 2 is 2.06 bits per heavy atom. The fourth-order valence-corrected chi connectivity index (χ4v) is 4.47. The lowest BCUT2D eigenvalue weighted by molar-refractivity contribution is -0.129. The molecule has 3 N–H and O–H groups in total. The third-order valence-electron chi connectivity index (χ3n) is 6.27. The first kappa shape index (κ1) is 22.2. The van der Waals surface area contributed by atoms with Gasteiger partial charge < -0.3 is 20.7 Å². The first-order valence-corrected chi connectivity index (χ1v) is 11.2. The van der Waals surface area contributed by atoms with Gasteiger partial charge in [0.05, 0.1) is 18.8 Å². The molecule has 3 heterocycles. The van der Waals surface area contributed by atoms with Crippen molar-refractivity contribution in [3.8, 4) is 5.75 Å². The Bertz CT molecular complexity index is 906.